The van der Waals surface area contributed by atoms with Crippen LogP contribution in [0.2, 0.25) is 5.02 Å². The summed E-state index contributed by atoms with van der Waals surface area (Å²) in [7, 11) is 0. The summed E-state index contributed by atoms with van der Waals surface area (Å²) < 4.78 is 0. The van der Waals surface area contributed by atoms with Gasteiger partial charge in [0.1, 0.15) is 0 Å². The van der Waals surface area contributed by atoms with Crippen molar-refractivity contribution < 1.29 is 14.7 Å². The number of hydrogen-bond acceptors (Lipinski definition) is 2. The van der Waals surface area contributed by atoms with Crippen LogP contribution >= 0.6 is 11.6 Å². The molecule has 5 heteroatoms. The van der Waals surface area contributed by atoms with Gasteiger partial charge in [0, 0.05) is 10.7 Å². The highest BCUT2D eigenvalue weighted by atomic mass is 35.5. The van der Waals surface area contributed by atoms with E-state index in [-0.39, 0.29) is 17.7 Å². The molecule has 1 aromatic carbocycles. The number of carboxylic acid groups (broad SMARTS) is 1. The Morgan fingerprint density at radius 1 is 1.24 bits per heavy atom. The van der Waals surface area contributed by atoms with E-state index in [1.165, 1.54) is 0 Å². The Balaban J connectivity index is 1.83. The SMILES string of the molecule is Cc1ccc(Cl)cc1NC(=O)[C@@H]1[C@@H](C(=O)O)[C@@H]2C=C[C@H]1C2. The maximum atomic E-state index is 12.5. The Hall–Kier alpha value is -1.81. The second-order valence-corrected chi connectivity index (χ2v) is 6.22. The van der Waals surface area contributed by atoms with E-state index in [2.05, 4.69) is 5.32 Å². The molecule has 0 aliphatic heterocycles. The molecule has 1 amide bonds. The van der Waals surface area contributed by atoms with Crippen LogP contribution < -0.4 is 5.32 Å². The topological polar surface area (TPSA) is 66.4 Å². The third kappa shape index (κ3) is 2.44. The van der Waals surface area contributed by atoms with Gasteiger partial charge < -0.3 is 10.4 Å². The smallest absolute Gasteiger partial charge is 0.307 e. The van der Waals surface area contributed by atoms with Crippen LogP contribution in [0.5, 0.6) is 0 Å². The first-order valence-electron chi connectivity index (χ1n) is 6.95. The number of carbonyl (C=O) groups is 2. The molecule has 0 spiro atoms. The normalized spacial score (nSPS) is 29.6. The lowest BCUT2D eigenvalue weighted by atomic mass is 9.82. The van der Waals surface area contributed by atoms with Gasteiger partial charge in [-0.1, -0.05) is 29.8 Å². The highest BCUT2D eigenvalue weighted by Gasteiger charge is 2.51. The number of hydrogen-bond donors (Lipinski definition) is 2. The lowest BCUT2D eigenvalue weighted by Crippen LogP contribution is -2.36. The van der Waals surface area contributed by atoms with Crippen LogP contribution in [0.1, 0.15) is 12.0 Å². The largest absolute Gasteiger partial charge is 0.481 e. The van der Waals surface area contributed by atoms with Crippen LogP contribution in [0.25, 0.3) is 0 Å². The van der Waals surface area contributed by atoms with Gasteiger partial charge in [0.15, 0.2) is 0 Å². The van der Waals surface area contributed by atoms with E-state index in [9.17, 15) is 14.7 Å². The van der Waals surface area contributed by atoms with Gasteiger partial charge in [0.05, 0.1) is 11.8 Å². The highest BCUT2D eigenvalue weighted by Crippen LogP contribution is 2.48. The first-order valence-corrected chi connectivity index (χ1v) is 7.33. The van der Waals surface area contributed by atoms with Crippen molar-refractivity contribution in [2.24, 2.45) is 23.7 Å². The van der Waals surface area contributed by atoms with Gasteiger partial charge >= 0.3 is 5.97 Å². The quantitative estimate of drug-likeness (QED) is 0.843. The summed E-state index contributed by atoms with van der Waals surface area (Å²) in [5, 5.41) is 12.8. The summed E-state index contributed by atoms with van der Waals surface area (Å²) in [5.41, 5.74) is 1.54. The number of halogens is 1. The van der Waals surface area contributed by atoms with Crippen LogP contribution in [0.3, 0.4) is 0 Å². The summed E-state index contributed by atoms with van der Waals surface area (Å²) >= 11 is 5.95. The predicted octanol–water partition coefficient (Wildman–Crippen LogP) is 3.11. The van der Waals surface area contributed by atoms with Crippen molar-refractivity contribution in [2.75, 3.05) is 5.32 Å². The lowest BCUT2D eigenvalue weighted by Gasteiger charge is -2.24. The average Bonchev–Trinajstić information content (AvgIpc) is 3.03. The van der Waals surface area contributed by atoms with Gasteiger partial charge in [-0.2, -0.15) is 0 Å². The average molecular weight is 306 g/mol. The number of amides is 1. The second-order valence-electron chi connectivity index (χ2n) is 5.79. The number of allylic oxidation sites excluding steroid dienone is 2. The van der Waals surface area contributed by atoms with Crippen molar-refractivity contribution >= 4 is 29.2 Å². The molecule has 0 saturated heterocycles. The van der Waals surface area contributed by atoms with E-state index in [1.54, 1.807) is 12.1 Å². The molecule has 110 valence electrons. The Labute approximate surface area is 127 Å². The molecule has 1 fully saturated rings. The molecular formula is C16H16ClNO3. The minimum atomic E-state index is -0.894. The third-order valence-electron chi connectivity index (χ3n) is 4.50. The Kier molecular flexibility index (Phi) is 3.49. The molecule has 1 saturated carbocycles. The van der Waals surface area contributed by atoms with Crippen LogP contribution in [-0.2, 0) is 9.59 Å². The van der Waals surface area contributed by atoms with Crippen molar-refractivity contribution in [3.63, 3.8) is 0 Å². The molecule has 4 atom stereocenters. The molecule has 3 rings (SSSR count). The van der Waals surface area contributed by atoms with Crippen molar-refractivity contribution in [3.8, 4) is 0 Å². The standard InChI is InChI=1S/C16H16ClNO3/c1-8-2-5-11(17)7-12(8)18-15(19)13-9-3-4-10(6-9)14(13)16(20)21/h2-5,7,9-10,13-14H,6H2,1H3,(H,18,19)(H,20,21)/t9-,10+,13-,14-/m0/s1. The zero-order chi connectivity index (χ0) is 15.1. The summed E-state index contributed by atoms with van der Waals surface area (Å²) in [6.45, 7) is 1.88. The summed E-state index contributed by atoms with van der Waals surface area (Å²) in [4.78, 5) is 24.0. The summed E-state index contributed by atoms with van der Waals surface area (Å²) in [5.74, 6) is -2.26. The number of aryl methyl sites for hydroxylation is 1. The highest BCUT2D eigenvalue weighted by molar-refractivity contribution is 6.31. The van der Waals surface area contributed by atoms with E-state index < -0.39 is 17.8 Å². The predicted molar refractivity (Wildman–Crippen MR) is 80.2 cm³/mol. The van der Waals surface area contributed by atoms with E-state index in [1.807, 2.05) is 25.1 Å². The molecular weight excluding hydrogens is 290 g/mol. The van der Waals surface area contributed by atoms with E-state index in [0.29, 0.717) is 10.7 Å². The number of nitrogens with one attached hydrogen (secondary N) is 1. The molecule has 2 N–H and O–H groups in total. The van der Waals surface area contributed by atoms with Crippen LogP contribution in [0.15, 0.2) is 30.4 Å². The molecule has 0 unspecified atom stereocenters. The maximum Gasteiger partial charge on any atom is 0.307 e. The van der Waals surface area contributed by atoms with Crippen molar-refractivity contribution in [2.45, 2.75) is 13.3 Å². The first-order chi connectivity index (χ1) is 9.97. The van der Waals surface area contributed by atoms with Crippen molar-refractivity contribution in [1.82, 2.24) is 0 Å². The number of benzene rings is 1. The number of fused-ring (bicyclic) bond motifs is 2. The van der Waals surface area contributed by atoms with Crippen molar-refractivity contribution in [3.05, 3.63) is 40.9 Å². The Morgan fingerprint density at radius 2 is 1.90 bits per heavy atom. The Bertz CT molecular complexity index is 640. The van der Waals surface area contributed by atoms with Gasteiger partial charge in [-0.05, 0) is 42.9 Å². The number of anilines is 1. The molecule has 0 radical (unpaired) electrons. The van der Waals surface area contributed by atoms with Gasteiger partial charge in [-0.25, -0.2) is 0 Å². The van der Waals surface area contributed by atoms with Crippen LogP contribution in [-0.4, -0.2) is 17.0 Å². The molecule has 0 heterocycles. The third-order valence-corrected chi connectivity index (χ3v) is 4.74. The fourth-order valence-electron chi connectivity index (χ4n) is 3.46. The zero-order valence-electron chi connectivity index (χ0n) is 11.5. The molecule has 2 bridgehead atoms. The fourth-order valence-corrected chi connectivity index (χ4v) is 3.63. The van der Waals surface area contributed by atoms with E-state index in [0.717, 1.165) is 12.0 Å². The molecule has 0 aromatic heterocycles. The molecule has 2 aliphatic carbocycles. The number of carboxylic acids is 1. The fraction of sp³-hybridized carbons (Fsp3) is 0.375. The lowest BCUT2D eigenvalue weighted by molar-refractivity contribution is -0.146. The van der Waals surface area contributed by atoms with E-state index >= 15 is 0 Å². The Morgan fingerprint density at radius 3 is 2.57 bits per heavy atom. The molecule has 2 aliphatic rings. The van der Waals surface area contributed by atoms with E-state index in [4.69, 9.17) is 11.6 Å². The van der Waals surface area contributed by atoms with Gasteiger partial charge in [0.25, 0.3) is 0 Å². The monoisotopic (exact) mass is 305 g/mol. The summed E-state index contributed by atoms with van der Waals surface area (Å²) in [6.07, 6.45) is 4.65. The van der Waals surface area contributed by atoms with Crippen LogP contribution in [0.4, 0.5) is 5.69 Å². The number of aliphatic carboxylic acids is 1. The van der Waals surface area contributed by atoms with Crippen LogP contribution in [0, 0.1) is 30.6 Å². The van der Waals surface area contributed by atoms with Gasteiger partial charge in [0.2, 0.25) is 5.91 Å². The molecule has 21 heavy (non-hydrogen) atoms. The second kappa shape index (κ2) is 5.19. The minimum absolute atomic E-state index is 0.0237. The van der Waals surface area contributed by atoms with Crippen molar-refractivity contribution in [1.29, 1.82) is 0 Å². The van der Waals surface area contributed by atoms with Gasteiger partial charge in [-0.3, -0.25) is 9.59 Å². The first kappa shape index (κ1) is 14.1. The maximum absolute atomic E-state index is 12.5. The summed E-state index contributed by atoms with van der Waals surface area (Å²) in [6, 6.07) is 5.27. The molecule has 4 nitrogen and oxygen atoms in total. The number of rotatable bonds is 3. The van der Waals surface area contributed by atoms with Gasteiger partial charge in [-0.15, -0.1) is 0 Å². The molecule has 1 aromatic rings. The minimum Gasteiger partial charge on any atom is -0.481 e. The zero-order valence-corrected chi connectivity index (χ0v) is 12.3. The number of carbonyl (C=O) groups excluding carboxylic acids is 1.